The number of methoxy groups -OCH3 is 2. The quantitative estimate of drug-likeness (QED) is 0.836. The Kier molecular flexibility index (Phi) is 5.92. The molecule has 0 aromatic heterocycles. The van der Waals surface area contributed by atoms with E-state index in [-0.39, 0.29) is 16.7 Å². The average Bonchev–Trinajstić information content (AvgIpc) is 2.38. The van der Waals surface area contributed by atoms with Crippen LogP contribution in [0.1, 0.15) is 23.7 Å². The molecular weight excluding hydrogens is 272 g/mol. The number of hydrogen-bond acceptors (Lipinski definition) is 4. The van der Waals surface area contributed by atoms with Gasteiger partial charge in [-0.3, -0.25) is 0 Å². The van der Waals surface area contributed by atoms with Gasteiger partial charge in [0.2, 0.25) is 0 Å². The first-order valence-corrected chi connectivity index (χ1v) is 6.13. The summed E-state index contributed by atoms with van der Waals surface area (Å²) < 4.78 is 15.8. The second-order valence-electron chi connectivity index (χ2n) is 4.00. The zero-order valence-electron chi connectivity index (χ0n) is 11.1. The van der Waals surface area contributed by atoms with E-state index >= 15 is 0 Å². The maximum absolute atomic E-state index is 10.9. The lowest BCUT2D eigenvalue weighted by Crippen LogP contribution is -2.15. The lowest BCUT2D eigenvalue weighted by Gasteiger charge is -2.18. The number of aromatic carboxylic acids is 1. The number of carboxylic acid groups (broad SMARTS) is 1. The summed E-state index contributed by atoms with van der Waals surface area (Å²) in [6.07, 6.45) is 0.568. The first-order chi connectivity index (χ1) is 8.99. The van der Waals surface area contributed by atoms with Gasteiger partial charge in [0.05, 0.1) is 23.8 Å². The minimum Gasteiger partial charge on any atom is -0.493 e. The third kappa shape index (κ3) is 4.29. The van der Waals surface area contributed by atoms with Gasteiger partial charge in [0.1, 0.15) is 0 Å². The van der Waals surface area contributed by atoms with Gasteiger partial charge in [-0.1, -0.05) is 11.6 Å². The van der Waals surface area contributed by atoms with Crippen LogP contribution in [0.25, 0.3) is 0 Å². The highest BCUT2D eigenvalue weighted by Gasteiger charge is 2.17. The van der Waals surface area contributed by atoms with Crippen molar-refractivity contribution in [3.8, 4) is 11.5 Å². The Morgan fingerprint density at radius 1 is 1.42 bits per heavy atom. The fourth-order valence-corrected chi connectivity index (χ4v) is 1.76. The normalized spacial score (nSPS) is 12.0. The average molecular weight is 289 g/mol. The summed E-state index contributed by atoms with van der Waals surface area (Å²) in [5, 5.41) is 9.16. The van der Waals surface area contributed by atoms with Crippen LogP contribution in [0.3, 0.4) is 0 Å². The van der Waals surface area contributed by atoms with Crippen molar-refractivity contribution in [2.75, 3.05) is 20.8 Å². The molecule has 1 aromatic carbocycles. The molecule has 0 aliphatic heterocycles. The molecule has 0 saturated carbocycles. The van der Waals surface area contributed by atoms with Crippen LogP contribution in [0.5, 0.6) is 11.5 Å². The zero-order chi connectivity index (χ0) is 14.4. The van der Waals surface area contributed by atoms with Crippen molar-refractivity contribution in [3.05, 3.63) is 22.7 Å². The maximum Gasteiger partial charge on any atom is 0.335 e. The van der Waals surface area contributed by atoms with Gasteiger partial charge in [-0.05, 0) is 19.1 Å². The van der Waals surface area contributed by atoms with Crippen LogP contribution in [0.4, 0.5) is 0 Å². The van der Waals surface area contributed by atoms with E-state index in [9.17, 15) is 4.79 Å². The molecule has 0 saturated heterocycles. The fraction of sp³-hybridized carbons (Fsp3) is 0.462. The molecule has 0 amide bonds. The van der Waals surface area contributed by atoms with E-state index in [0.717, 1.165) is 0 Å². The summed E-state index contributed by atoms with van der Waals surface area (Å²) in [7, 11) is 3.05. The Morgan fingerprint density at radius 2 is 2.11 bits per heavy atom. The van der Waals surface area contributed by atoms with Crippen molar-refractivity contribution < 1.29 is 24.1 Å². The van der Waals surface area contributed by atoms with E-state index in [1.807, 2.05) is 6.92 Å². The van der Waals surface area contributed by atoms with E-state index < -0.39 is 5.97 Å². The Labute approximate surface area is 117 Å². The first kappa shape index (κ1) is 15.6. The van der Waals surface area contributed by atoms with Crippen molar-refractivity contribution in [1.82, 2.24) is 0 Å². The van der Waals surface area contributed by atoms with Crippen molar-refractivity contribution in [2.45, 2.75) is 19.4 Å². The van der Waals surface area contributed by atoms with Crippen molar-refractivity contribution in [2.24, 2.45) is 0 Å². The maximum atomic E-state index is 10.9. The summed E-state index contributed by atoms with van der Waals surface area (Å²) in [6.45, 7) is 2.44. The smallest absolute Gasteiger partial charge is 0.335 e. The summed E-state index contributed by atoms with van der Waals surface area (Å²) in [4.78, 5) is 10.9. The standard InChI is InChI=1S/C13H17ClO5/c1-8(4-5-17-2)19-12-10(14)6-9(13(15)16)7-11(12)18-3/h6-8H,4-5H2,1-3H3,(H,15,16). The molecular formula is C13H17ClO5. The van der Waals surface area contributed by atoms with Gasteiger partial charge in [0, 0.05) is 20.1 Å². The molecule has 1 N–H and O–H groups in total. The third-order valence-electron chi connectivity index (χ3n) is 2.52. The molecule has 19 heavy (non-hydrogen) atoms. The van der Waals surface area contributed by atoms with Gasteiger partial charge in [-0.2, -0.15) is 0 Å². The second kappa shape index (κ2) is 7.21. The van der Waals surface area contributed by atoms with Gasteiger partial charge in [0.25, 0.3) is 0 Å². The molecule has 1 aromatic rings. The van der Waals surface area contributed by atoms with E-state index in [4.69, 9.17) is 30.9 Å². The molecule has 0 aliphatic carbocycles. The summed E-state index contributed by atoms with van der Waals surface area (Å²) in [5.74, 6) is -0.425. The van der Waals surface area contributed by atoms with E-state index in [2.05, 4.69) is 0 Å². The fourth-order valence-electron chi connectivity index (χ4n) is 1.50. The van der Waals surface area contributed by atoms with Crippen molar-refractivity contribution >= 4 is 17.6 Å². The van der Waals surface area contributed by atoms with Crippen LogP contribution >= 0.6 is 11.6 Å². The summed E-state index contributed by atoms with van der Waals surface area (Å²) >= 11 is 6.04. The first-order valence-electron chi connectivity index (χ1n) is 5.76. The zero-order valence-corrected chi connectivity index (χ0v) is 11.9. The second-order valence-corrected chi connectivity index (χ2v) is 4.41. The number of hydrogen-bond donors (Lipinski definition) is 1. The molecule has 1 unspecified atom stereocenters. The Bertz CT molecular complexity index is 447. The van der Waals surface area contributed by atoms with Crippen LogP contribution in [-0.4, -0.2) is 38.0 Å². The number of halogens is 1. The highest BCUT2D eigenvalue weighted by Crippen LogP contribution is 2.37. The lowest BCUT2D eigenvalue weighted by atomic mass is 10.2. The van der Waals surface area contributed by atoms with Gasteiger partial charge in [-0.15, -0.1) is 0 Å². The highest BCUT2D eigenvalue weighted by atomic mass is 35.5. The molecule has 0 fully saturated rings. The molecule has 0 heterocycles. The van der Waals surface area contributed by atoms with Crippen LogP contribution < -0.4 is 9.47 Å². The van der Waals surface area contributed by atoms with Gasteiger partial charge in [0.15, 0.2) is 11.5 Å². The monoisotopic (exact) mass is 288 g/mol. The van der Waals surface area contributed by atoms with Crippen molar-refractivity contribution in [3.63, 3.8) is 0 Å². The van der Waals surface area contributed by atoms with E-state index in [1.165, 1.54) is 19.2 Å². The largest absolute Gasteiger partial charge is 0.493 e. The van der Waals surface area contributed by atoms with Crippen LogP contribution in [0.2, 0.25) is 5.02 Å². The van der Waals surface area contributed by atoms with Gasteiger partial charge < -0.3 is 19.3 Å². The molecule has 0 radical (unpaired) electrons. The van der Waals surface area contributed by atoms with Gasteiger partial charge in [-0.25, -0.2) is 4.79 Å². The number of carboxylic acids is 1. The number of benzene rings is 1. The Balaban J connectivity index is 2.96. The van der Waals surface area contributed by atoms with E-state index in [0.29, 0.717) is 24.5 Å². The predicted molar refractivity (Wildman–Crippen MR) is 71.5 cm³/mol. The SMILES string of the molecule is COCCC(C)Oc1c(Cl)cc(C(=O)O)cc1OC. The molecule has 6 heteroatoms. The lowest BCUT2D eigenvalue weighted by molar-refractivity contribution is 0.0696. The molecule has 1 atom stereocenters. The van der Waals surface area contributed by atoms with Crippen LogP contribution in [0, 0.1) is 0 Å². The number of carbonyl (C=O) groups is 1. The Morgan fingerprint density at radius 3 is 2.63 bits per heavy atom. The highest BCUT2D eigenvalue weighted by molar-refractivity contribution is 6.32. The topological polar surface area (TPSA) is 65.0 Å². The van der Waals surface area contributed by atoms with Crippen LogP contribution in [0.15, 0.2) is 12.1 Å². The predicted octanol–water partition coefficient (Wildman–Crippen LogP) is 2.85. The molecule has 0 spiro atoms. The molecule has 0 aliphatic rings. The van der Waals surface area contributed by atoms with Crippen molar-refractivity contribution in [1.29, 1.82) is 0 Å². The number of rotatable bonds is 7. The third-order valence-corrected chi connectivity index (χ3v) is 2.80. The molecule has 5 nitrogen and oxygen atoms in total. The minimum atomic E-state index is -1.07. The van der Waals surface area contributed by atoms with Gasteiger partial charge >= 0.3 is 5.97 Å². The summed E-state index contributed by atoms with van der Waals surface area (Å²) in [6, 6.07) is 2.72. The van der Waals surface area contributed by atoms with Crippen LogP contribution in [-0.2, 0) is 4.74 Å². The molecule has 1 rings (SSSR count). The number of ether oxygens (including phenoxy) is 3. The molecule has 0 bridgehead atoms. The minimum absolute atomic E-state index is 0.0544. The molecule has 106 valence electrons. The Hall–Kier alpha value is -1.46. The van der Waals surface area contributed by atoms with E-state index in [1.54, 1.807) is 7.11 Å². The summed E-state index contributed by atoms with van der Waals surface area (Å²) in [5.41, 5.74) is 0.0544.